The monoisotopic (exact) mass is 505 g/mol. The van der Waals surface area contributed by atoms with Gasteiger partial charge in [-0.1, -0.05) is 26.0 Å². The minimum absolute atomic E-state index is 0.0242. The number of nitrogens with two attached hydrogens (primary N) is 2. The van der Waals surface area contributed by atoms with E-state index in [9.17, 15) is 4.79 Å². The molecule has 10 nitrogen and oxygen atoms in total. The van der Waals surface area contributed by atoms with Crippen molar-refractivity contribution in [3.63, 3.8) is 0 Å². The number of hydrogen-bond donors (Lipinski definition) is 4. The Labute approximate surface area is 214 Å². The van der Waals surface area contributed by atoms with Crippen molar-refractivity contribution in [3.8, 4) is 11.1 Å². The van der Waals surface area contributed by atoms with E-state index >= 15 is 4.39 Å². The predicted molar refractivity (Wildman–Crippen MR) is 142 cm³/mol. The van der Waals surface area contributed by atoms with Crippen molar-refractivity contribution < 1.29 is 9.18 Å². The lowest BCUT2D eigenvalue weighted by molar-refractivity contribution is -0.121. The lowest BCUT2D eigenvalue weighted by atomic mass is 9.89. The lowest BCUT2D eigenvalue weighted by Gasteiger charge is -2.32. The van der Waals surface area contributed by atoms with E-state index in [0.29, 0.717) is 11.3 Å². The fourth-order valence-electron chi connectivity index (χ4n) is 5.23. The number of nitrogens with zero attached hydrogens (tertiary/aromatic N) is 5. The third-order valence-corrected chi connectivity index (χ3v) is 6.91. The molecule has 0 saturated carbocycles. The molecule has 0 radical (unpaired) electrons. The van der Waals surface area contributed by atoms with E-state index in [0.717, 1.165) is 59.0 Å². The molecule has 3 aliphatic rings. The number of fused-ring (bicyclic) bond motifs is 2. The van der Waals surface area contributed by atoms with Crippen molar-refractivity contribution in [2.45, 2.75) is 39.2 Å². The molecule has 11 heteroatoms. The Bertz CT molecular complexity index is 1480. The summed E-state index contributed by atoms with van der Waals surface area (Å²) in [5.74, 6) is 4.88. The number of hydrazine groups is 1. The fraction of sp³-hybridized carbons (Fsp3) is 0.346. The van der Waals surface area contributed by atoms with Crippen LogP contribution < -0.4 is 27.3 Å². The van der Waals surface area contributed by atoms with Crippen molar-refractivity contribution in [1.29, 1.82) is 0 Å². The number of halogens is 1. The summed E-state index contributed by atoms with van der Waals surface area (Å²) < 4.78 is 17.1. The topological polar surface area (TPSA) is 132 Å². The third-order valence-electron chi connectivity index (χ3n) is 6.91. The van der Waals surface area contributed by atoms with Gasteiger partial charge in [0.05, 0.1) is 29.5 Å². The van der Waals surface area contributed by atoms with Gasteiger partial charge in [-0.2, -0.15) is 15.0 Å². The van der Waals surface area contributed by atoms with E-state index in [2.05, 4.69) is 20.9 Å². The van der Waals surface area contributed by atoms with Gasteiger partial charge in [-0.3, -0.25) is 20.3 Å². The average Bonchev–Trinajstić information content (AvgIpc) is 3.49. The van der Waals surface area contributed by atoms with Crippen LogP contribution in [0.15, 0.2) is 48.4 Å². The van der Waals surface area contributed by atoms with Crippen LogP contribution in [-0.2, 0) is 11.3 Å². The Balaban J connectivity index is 0.00000137. The summed E-state index contributed by atoms with van der Waals surface area (Å²) >= 11 is 0. The quantitative estimate of drug-likeness (QED) is 0.242. The second-order valence-corrected chi connectivity index (χ2v) is 9.06. The normalized spacial score (nSPS) is 15.0. The van der Waals surface area contributed by atoms with Gasteiger partial charge in [0, 0.05) is 47.2 Å². The third kappa shape index (κ3) is 4.35. The molecule has 0 aliphatic carbocycles. The first-order valence-corrected chi connectivity index (χ1v) is 12.6. The minimum atomic E-state index is -0.307. The molecule has 1 saturated heterocycles. The van der Waals surface area contributed by atoms with Gasteiger partial charge in [-0.05, 0) is 36.6 Å². The first-order chi connectivity index (χ1) is 18.0. The highest BCUT2D eigenvalue weighted by Gasteiger charge is 2.30. The second-order valence-electron chi connectivity index (χ2n) is 9.06. The van der Waals surface area contributed by atoms with Gasteiger partial charge in [-0.15, -0.1) is 0 Å². The minimum Gasteiger partial charge on any atom is -0.399 e. The van der Waals surface area contributed by atoms with Gasteiger partial charge in [0.2, 0.25) is 5.91 Å². The molecule has 4 aromatic rings. The standard InChI is InChI=1S/C24H26FN9O.C2H6/c25-19-8-15-10-30-34-21(15)9-18(19)17-2-1-3-20-23(17)24(14-4-6-32(34)7-5-14)31-33(20)13-22(35)28-11-16(26)12-29-27;1-2/h1-3,8-10,12,14,29H,4-7,11,13,26-27H2,(H,28,35);1-2H3/b16-12-;. The molecule has 0 unspecified atom stereocenters. The SMILES string of the molecule is CC.NN/C=C(\N)CNC(=O)Cn1nc2c3c(cccc31)-c1cc3c(cnn3N3CCC2CC3)cc1F. The molecule has 37 heavy (non-hydrogen) atoms. The Kier molecular flexibility index (Phi) is 6.70. The van der Waals surface area contributed by atoms with Crippen LogP contribution in [-0.4, -0.2) is 45.2 Å². The molecule has 4 bridgehead atoms. The summed E-state index contributed by atoms with van der Waals surface area (Å²) in [4.78, 5) is 14.6. The maximum atomic E-state index is 15.4. The maximum Gasteiger partial charge on any atom is 0.242 e. The van der Waals surface area contributed by atoms with E-state index in [1.165, 1.54) is 6.20 Å². The zero-order valence-corrected chi connectivity index (χ0v) is 21.0. The van der Waals surface area contributed by atoms with Gasteiger partial charge >= 0.3 is 0 Å². The molecule has 0 atom stereocenters. The molecular weight excluding hydrogens is 473 g/mol. The molecule has 3 aliphatic heterocycles. The lowest BCUT2D eigenvalue weighted by Crippen LogP contribution is -2.41. The summed E-state index contributed by atoms with van der Waals surface area (Å²) in [5.41, 5.74) is 12.4. The van der Waals surface area contributed by atoms with Crippen LogP contribution in [0.4, 0.5) is 4.39 Å². The van der Waals surface area contributed by atoms with Crippen molar-refractivity contribution in [2.24, 2.45) is 11.6 Å². The van der Waals surface area contributed by atoms with E-state index in [1.807, 2.05) is 42.9 Å². The fourth-order valence-corrected chi connectivity index (χ4v) is 5.23. The predicted octanol–water partition coefficient (Wildman–Crippen LogP) is 2.43. The van der Waals surface area contributed by atoms with E-state index < -0.39 is 0 Å². The Hall–Kier alpha value is -4.12. The van der Waals surface area contributed by atoms with Gasteiger partial charge in [0.1, 0.15) is 12.4 Å². The van der Waals surface area contributed by atoms with Gasteiger partial charge in [0.25, 0.3) is 0 Å². The van der Waals surface area contributed by atoms with Crippen LogP contribution in [0.1, 0.15) is 38.3 Å². The van der Waals surface area contributed by atoms with E-state index in [-0.39, 0.29) is 30.7 Å². The molecule has 2 aromatic heterocycles. The van der Waals surface area contributed by atoms with Crippen molar-refractivity contribution in [3.05, 3.63) is 59.9 Å². The van der Waals surface area contributed by atoms with Crippen LogP contribution in [0.3, 0.4) is 0 Å². The molecule has 2 aromatic carbocycles. The largest absolute Gasteiger partial charge is 0.399 e. The Morgan fingerprint density at radius 2 is 1.97 bits per heavy atom. The molecule has 6 N–H and O–H groups in total. The van der Waals surface area contributed by atoms with Crippen molar-refractivity contribution in [1.82, 2.24) is 30.4 Å². The van der Waals surface area contributed by atoms with Crippen LogP contribution in [0, 0.1) is 5.82 Å². The number of hydrogen-bond acceptors (Lipinski definition) is 7. The summed E-state index contributed by atoms with van der Waals surface area (Å²) in [6.45, 7) is 5.81. The number of benzene rings is 2. The van der Waals surface area contributed by atoms with Crippen LogP contribution in [0.5, 0.6) is 0 Å². The number of carbonyl (C=O) groups excluding carboxylic acids is 1. The van der Waals surface area contributed by atoms with E-state index in [4.69, 9.17) is 16.7 Å². The van der Waals surface area contributed by atoms with Gasteiger partial charge in [0.15, 0.2) is 0 Å². The number of piperidine rings is 1. The number of aromatic nitrogens is 4. The zero-order valence-electron chi connectivity index (χ0n) is 21.0. The second kappa shape index (κ2) is 10.1. The smallest absolute Gasteiger partial charge is 0.242 e. The zero-order chi connectivity index (χ0) is 26.1. The maximum absolute atomic E-state index is 15.4. The molecule has 194 valence electrons. The molecular formula is C26H32FN9O. The first kappa shape index (κ1) is 24.6. The van der Waals surface area contributed by atoms with Crippen LogP contribution in [0.25, 0.3) is 32.9 Å². The molecule has 1 amide bonds. The number of rotatable bonds is 5. The highest BCUT2D eigenvalue weighted by molar-refractivity contribution is 6.00. The van der Waals surface area contributed by atoms with Crippen LogP contribution in [0.2, 0.25) is 0 Å². The van der Waals surface area contributed by atoms with Crippen LogP contribution >= 0.6 is 0 Å². The molecule has 0 spiro atoms. The van der Waals surface area contributed by atoms with Crippen molar-refractivity contribution >= 4 is 27.7 Å². The van der Waals surface area contributed by atoms with E-state index in [1.54, 1.807) is 16.9 Å². The van der Waals surface area contributed by atoms with Gasteiger partial charge < -0.3 is 16.5 Å². The number of amides is 1. The molecule has 1 fully saturated rings. The summed E-state index contributed by atoms with van der Waals surface area (Å²) in [7, 11) is 0. The van der Waals surface area contributed by atoms with Gasteiger partial charge in [-0.25, -0.2) is 4.39 Å². The Morgan fingerprint density at radius 3 is 2.73 bits per heavy atom. The van der Waals surface area contributed by atoms with Crippen molar-refractivity contribution in [2.75, 3.05) is 24.6 Å². The molecule has 7 rings (SSSR count). The highest BCUT2D eigenvalue weighted by atomic mass is 19.1. The highest BCUT2D eigenvalue weighted by Crippen LogP contribution is 2.40. The number of nitrogens with one attached hydrogen (secondary N) is 2. The summed E-state index contributed by atoms with van der Waals surface area (Å²) in [6, 6.07) is 9.17. The average molecular weight is 506 g/mol. The molecule has 5 heterocycles. The summed E-state index contributed by atoms with van der Waals surface area (Å²) in [6.07, 6.45) is 4.91. The Morgan fingerprint density at radius 1 is 1.19 bits per heavy atom. The number of carbonyl (C=O) groups is 1. The first-order valence-electron chi connectivity index (χ1n) is 12.6. The summed E-state index contributed by atoms with van der Waals surface area (Å²) in [5, 5.41) is 16.1.